The molecule has 0 saturated heterocycles. The van der Waals surface area contributed by atoms with Gasteiger partial charge in [-0.25, -0.2) is 4.39 Å². The maximum Gasteiger partial charge on any atom is 0.231 e. The van der Waals surface area contributed by atoms with Gasteiger partial charge in [-0.3, -0.25) is 4.79 Å². The molecule has 0 fully saturated rings. The molecule has 1 aromatic heterocycles. The number of rotatable bonds is 9. The first-order valence-corrected chi connectivity index (χ1v) is 11.4. The molecule has 0 radical (unpaired) electrons. The molecule has 1 aliphatic rings. The summed E-state index contributed by atoms with van der Waals surface area (Å²) in [5, 5.41) is 4.08. The van der Waals surface area contributed by atoms with E-state index in [1.165, 1.54) is 12.1 Å². The van der Waals surface area contributed by atoms with Crippen LogP contribution in [0.15, 0.2) is 77.3 Å². The van der Waals surface area contributed by atoms with Gasteiger partial charge in [-0.2, -0.15) is 4.98 Å². The van der Waals surface area contributed by atoms with E-state index in [-0.39, 0.29) is 24.9 Å². The molecule has 5 rings (SSSR count). The van der Waals surface area contributed by atoms with Crippen LogP contribution in [0.2, 0.25) is 0 Å². The second-order valence-corrected chi connectivity index (χ2v) is 8.25. The van der Waals surface area contributed by atoms with E-state index in [9.17, 15) is 9.18 Å². The van der Waals surface area contributed by atoms with Crippen LogP contribution in [0.3, 0.4) is 0 Å². The van der Waals surface area contributed by atoms with Crippen molar-refractivity contribution in [2.24, 2.45) is 0 Å². The molecule has 178 valence electrons. The highest BCUT2D eigenvalue weighted by Gasteiger charge is 2.19. The number of amides is 1. The number of halogens is 1. The van der Waals surface area contributed by atoms with E-state index in [0.717, 1.165) is 23.1 Å². The van der Waals surface area contributed by atoms with Crippen LogP contribution >= 0.6 is 0 Å². The summed E-state index contributed by atoms with van der Waals surface area (Å²) in [5.41, 5.74) is 2.68. The van der Waals surface area contributed by atoms with Crippen molar-refractivity contribution < 1.29 is 23.2 Å². The smallest absolute Gasteiger partial charge is 0.231 e. The Morgan fingerprint density at radius 2 is 1.66 bits per heavy atom. The Morgan fingerprint density at radius 3 is 2.49 bits per heavy atom. The molecule has 4 aromatic rings. The van der Waals surface area contributed by atoms with Gasteiger partial charge in [-0.15, -0.1) is 0 Å². The summed E-state index contributed by atoms with van der Waals surface area (Å²) >= 11 is 0. The third-order valence-electron chi connectivity index (χ3n) is 5.83. The second-order valence-electron chi connectivity index (χ2n) is 8.25. The van der Waals surface area contributed by atoms with Crippen molar-refractivity contribution in [1.29, 1.82) is 0 Å². The zero-order chi connectivity index (χ0) is 24.0. The monoisotopic (exact) mass is 473 g/mol. The van der Waals surface area contributed by atoms with E-state index >= 15 is 0 Å². The van der Waals surface area contributed by atoms with Gasteiger partial charge in [0.1, 0.15) is 5.82 Å². The van der Waals surface area contributed by atoms with Crippen molar-refractivity contribution in [3.8, 4) is 22.9 Å². The van der Waals surface area contributed by atoms with Gasteiger partial charge in [0.05, 0.1) is 6.42 Å². The van der Waals surface area contributed by atoms with Crippen molar-refractivity contribution in [2.45, 2.75) is 19.3 Å². The minimum absolute atomic E-state index is 0.0388. The average molecular weight is 474 g/mol. The summed E-state index contributed by atoms with van der Waals surface area (Å²) in [6, 6.07) is 21.5. The Labute approximate surface area is 202 Å². The number of benzene rings is 3. The third kappa shape index (κ3) is 5.66. The summed E-state index contributed by atoms with van der Waals surface area (Å²) < 4.78 is 29.5. The Hall–Kier alpha value is -4.20. The summed E-state index contributed by atoms with van der Waals surface area (Å²) in [6.07, 6.45) is 1.34. The van der Waals surface area contributed by atoms with Crippen LogP contribution < -0.4 is 9.47 Å². The lowest BCUT2D eigenvalue weighted by Crippen LogP contribution is -2.36. The summed E-state index contributed by atoms with van der Waals surface area (Å²) in [5.74, 6) is 1.86. The van der Waals surface area contributed by atoms with Crippen LogP contribution in [0.1, 0.15) is 17.0 Å². The van der Waals surface area contributed by atoms with Crippen molar-refractivity contribution in [1.82, 2.24) is 15.0 Å². The van der Waals surface area contributed by atoms with E-state index in [1.54, 1.807) is 17.0 Å². The van der Waals surface area contributed by atoms with Crippen molar-refractivity contribution in [3.05, 3.63) is 95.6 Å². The Kier molecular flexibility index (Phi) is 6.70. The normalized spacial score (nSPS) is 12.0. The Bertz CT molecular complexity index is 1290. The summed E-state index contributed by atoms with van der Waals surface area (Å²) in [4.78, 5) is 19.4. The standard InChI is InChI=1S/C27H24FN3O4/c28-22-9-6-20(7-10-22)16-26(32)31(14-12-19-4-2-1-3-5-19)15-13-25-29-27(30-35-25)21-8-11-23-24(17-21)34-18-33-23/h1-11,17H,12-16,18H2. The third-order valence-corrected chi connectivity index (χ3v) is 5.83. The maximum atomic E-state index is 13.3. The predicted octanol–water partition coefficient (Wildman–Crippen LogP) is 4.46. The fourth-order valence-corrected chi connectivity index (χ4v) is 3.90. The zero-order valence-electron chi connectivity index (χ0n) is 19.0. The molecular formula is C27H24FN3O4. The largest absolute Gasteiger partial charge is 0.454 e. The molecule has 1 amide bonds. The van der Waals surface area contributed by atoms with E-state index in [0.29, 0.717) is 42.7 Å². The number of carbonyl (C=O) groups excluding carboxylic acids is 1. The van der Waals surface area contributed by atoms with E-state index in [2.05, 4.69) is 10.1 Å². The first-order chi connectivity index (χ1) is 17.1. The molecule has 2 heterocycles. The fraction of sp³-hybridized carbons (Fsp3) is 0.222. The Balaban J connectivity index is 1.26. The summed E-state index contributed by atoms with van der Waals surface area (Å²) in [6.45, 7) is 1.17. The Morgan fingerprint density at radius 1 is 0.886 bits per heavy atom. The van der Waals surface area contributed by atoms with E-state index in [4.69, 9.17) is 14.0 Å². The van der Waals surface area contributed by atoms with Crippen LogP contribution in [0.4, 0.5) is 4.39 Å². The molecule has 0 N–H and O–H groups in total. The van der Waals surface area contributed by atoms with Crippen LogP contribution in [-0.4, -0.2) is 40.8 Å². The molecular weight excluding hydrogens is 449 g/mol. The zero-order valence-corrected chi connectivity index (χ0v) is 19.0. The van der Waals surface area contributed by atoms with Crippen LogP contribution in [-0.2, 0) is 24.1 Å². The molecule has 0 saturated carbocycles. The average Bonchev–Trinajstić information content (AvgIpc) is 3.55. The van der Waals surface area contributed by atoms with Crippen LogP contribution in [0, 0.1) is 5.82 Å². The predicted molar refractivity (Wildman–Crippen MR) is 126 cm³/mol. The topological polar surface area (TPSA) is 77.7 Å². The number of hydrogen-bond donors (Lipinski definition) is 0. The van der Waals surface area contributed by atoms with E-state index in [1.807, 2.05) is 48.5 Å². The number of carbonyl (C=O) groups is 1. The minimum atomic E-state index is -0.322. The molecule has 35 heavy (non-hydrogen) atoms. The summed E-state index contributed by atoms with van der Waals surface area (Å²) in [7, 11) is 0. The molecule has 3 aromatic carbocycles. The van der Waals surface area contributed by atoms with Gasteiger partial charge in [0.15, 0.2) is 11.5 Å². The molecule has 7 nitrogen and oxygen atoms in total. The lowest BCUT2D eigenvalue weighted by molar-refractivity contribution is -0.130. The molecule has 0 aliphatic carbocycles. The number of fused-ring (bicyclic) bond motifs is 1. The number of aromatic nitrogens is 2. The first kappa shape index (κ1) is 22.6. The van der Waals surface area contributed by atoms with Gasteiger partial charge in [0, 0.05) is 25.1 Å². The maximum absolute atomic E-state index is 13.3. The van der Waals surface area contributed by atoms with Crippen molar-refractivity contribution in [2.75, 3.05) is 19.9 Å². The van der Waals surface area contributed by atoms with Gasteiger partial charge in [0.2, 0.25) is 24.4 Å². The van der Waals surface area contributed by atoms with Crippen LogP contribution in [0.5, 0.6) is 11.5 Å². The molecule has 8 heteroatoms. The quantitative estimate of drug-likeness (QED) is 0.357. The van der Waals surface area contributed by atoms with E-state index < -0.39 is 0 Å². The lowest BCUT2D eigenvalue weighted by Gasteiger charge is -2.22. The number of nitrogens with zero attached hydrogens (tertiary/aromatic N) is 3. The molecule has 0 unspecified atom stereocenters. The van der Waals surface area contributed by atoms with Crippen molar-refractivity contribution >= 4 is 5.91 Å². The van der Waals surface area contributed by atoms with Gasteiger partial charge in [-0.05, 0) is 47.9 Å². The fourth-order valence-electron chi connectivity index (χ4n) is 3.90. The highest BCUT2D eigenvalue weighted by Crippen LogP contribution is 2.35. The highest BCUT2D eigenvalue weighted by atomic mass is 19.1. The SMILES string of the molecule is O=C(Cc1ccc(F)cc1)N(CCc1ccccc1)CCc1nc(-c2ccc3c(c2)OCO3)no1. The minimum Gasteiger partial charge on any atom is -0.454 e. The molecule has 0 spiro atoms. The highest BCUT2D eigenvalue weighted by molar-refractivity contribution is 5.78. The van der Waals surface area contributed by atoms with Gasteiger partial charge >= 0.3 is 0 Å². The lowest BCUT2D eigenvalue weighted by atomic mass is 10.1. The second kappa shape index (κ2) is 10.4. The first-order valence-electron chi connectivity index (χ1n) is 11.4. The van der Waals surface area contributed by atoms with Gasteiger partial charge < -0.3 is 18.9 Å². The number of hydrogen-bond acceptors (Lipinski definition) is 6. The van der Waals surface area contributed by atoms with Gasteiger partial charge in [0.25, 0.3) is 0 Å². The van der Waals surface area contributed by atoms with Gasteiger partial charge in [-0.1, -0.05) is 47.6 Å². The number of ether oxygens (including phenoxy) is 2. The molecule has 0 atom stereocenters. The molecule has 0 bridgehead atoms. The molecule has 1 aliphatic heterocycles. The van der Waals surface area contributed by atoms with Crippen LogP contribution in [0.25, 0.3) is 11.4 Å². The van der Waals surface area contributed by atoms with Crippen molar-refractivity contribution in [3.63, 3.8) is 0 Å².